The lowest BCUT2D eigenvalue weighted by Gasteiger charge is -2.25. The highest BCUT2D eigenvalue weighted by atomic mass is 32.1. The molecule has 0 atom stereocenters. The van der Waals surface area contributed by atoms with Gasteiger partial charge in [-0.15, -0.1) is 10.2 Å². The first-order valence-electron chi connectivity index (χ1n) is 12.6. The molecule has 0 aliphatic rings. The first-order chi connectivity index (χ1) is 18.6. The summed E-state index contributed by atoms with van der Waals surface area (Å²) in [5.74, 6) is -0.181. The van der Waals surface area contributed by atoms with Crippen LogP contribution in [0.1, 0.15) is 54.0 Å². The van der Waals surface area contributed by atoms with E-state index < -0.39 is 23.4 Å². The van der Waals surface area contributed by atoms with Crippen LogP contribution in [0.3, 0.4) is 0 Å². The molecule has 0 aliphatic heterocycles. The number of hydrogen-bond acceptors (Lipinski definition) is 9. The number of aryl methyl sites for hydroxylation is 1. The van der Waals surface area contributed by atoms with Crippen molar-refractivity contribution in [2.45, 2.75) is 66.6 Å². The van der Waals surface area contributed by atoms with Crippen molar-refractivity contribution in [1.82, 2.24) is 20.0 Å². The van der Waals surface area contributed by atoms with E-state index >= 15 is 0 Å². The second kappa shape index (κ2) is 10.7. The molecule has 0 spiro atoms. The van der Waals surface area contributed by atoms with E-state index in [4.69, 9.17) is 9.47 Å². The Labute approximate surface area is 236 Å². The van der Waals surface area contributed by atoms with Gasteiger partial charge in [0.2, 0.25) is 11.0 Å². The summed E-state index contributed by atoms with van der Waals surface area (Å²) in [6.45, 7) is 14.0. The number of nitrogens with zero attached hydrogens (tertiary/aromatic N) is 5. The fraction of sp³-hybridized carbons (Fsp3) is 0.357. The van der Waals surface area contributed by atoms with Crippen LogP contribution in [-0.4, -0.2) is 49.3 Å². The molecule has 2 amide bonds. The van der Waals surface area contributed by atoms with Gasteiger partial charge in [-0.2, -0.15) is 9.78 Å². The summed E-state index contributed by atoms with van der Waals surface area (Å²) in [6, 6.07) is 10.6. The number of aromatic nitrogens is 4. The fourth-order valence-corrected chi connectivity index (χ4v) is 4.57. The average molecular weight is 565 g/mol. The minimum atomic E-state index is -0.765. The number of amides is 2. The Balaban J connectivity index is 1.74. The highest BCUT2D eigenvalue weighted by Gasteiger charge is 2.29. The molecular weight excluding hydrogens is 532 g/mol. The zero-order chi connectivity index (χ0) is 29.4. The third-order valence-corrected chi connectivity index (χ3v) is 6.31. The van der Waals surface area contributed by atoms with Crippen LogP contribution >= 0.6 is 11.3 Å². The van der Waals surface area contributed by atoms with Gasteiger partial charge in [0.15, 0.2) is 0 Å². The van der Waals surface area contributed by atoms with Gasteiger partial charge in [0.05, 0.1) is 17.4 Å². The minimum Gasteiger partial charge on any atom is -0.443 e. The van der Waals surface area contributed by atoms with Gasteiger partial charge in [-0.1, -0.05) is 23.5 Å². The van der Waals surface area contributed by atoms with Crippen molar-refractivity contribution in [1.29, 1.82) is 0 Å². The highest BCUT2D eigenvalue weighted by Crippen LogP contribution is 2.36. The van der Waals surface area contributed by atoms with E-state index in [1.54, 1.807) is 59.7 Å². The maximum atomic E-state index is 13.4. The Bertz CT molecular complexity index is 1590. The van der Waals surface area contributed by atoms with Gasteiger partial charge >= 0.3 is 12.2 Å². The number of carbonyl (C=O) groups excluding carboxylic acids is 3. The standard InChI is InChI=1S/C28H32N6O5S/c1-16-9-10-18(14-21(16)30-17(2)35)23-31-32-24(40-23)33(25(36)38-27(3,4)5)20-11-12-22-19(13-20)15-29-34(22)26(37)39-28(6,7)8/h9-15H,1-8H3,(H,30,35). The summed E-state index contributed by atoms with van der Waals surface area (Å²) in [6.07, 6.45) is 0.277. The third-order valence-electron chi connectivity index (χ3n) is 5.35. The van der Waals surface area contributed by atoms with Gasteiger partial charge in [-0.05, 0) is 78.3 Å². The first kappa shape index (κ1) is 28.7. The molecule has 0 saturated carbocycles. The van der Waals surface area contributed by atoms with Gasteiger partial charge in [0.25, 0.3) is 0 Å². The molecule has 4 rings (SSSR count). The molecular formula is C28H32N6O5S. The van der Waals surface area contributed by atoms with Crippen molar-refractivity contribution >= 4 is 56.8 Å². The number of nitrogens with one attached hydrogen (secondary N) is 1. The van der Waals surface area contributed by atoms with Crippen molar-refractivity contribution in [3.05, 3.63) is 48.2 Å². The second-order valence-corrected chi connectivity index (χ2v) is 12.2. The van der Waals surface area contributed by atoms with E-state index in [9.17, 15) is 14.4 Å². The number of rotatable bonds is 4. The smallest absolute Gasteiger partial charge is 0.435 e. The predicted octanol–water partition coefficient (Wildman–Crippen LogP) is 6.68. The molecule has 4 aromatic rings. The Kier molecular flexibility index (Phi) is 7.66. The van der Waals surface area contributed by atoms with Crippen molar-refractivity contribution in [3.63, 3.8) is 0 Å². The molecule has 12 heteroatoms. The fourth-order valence-electron chi connectivity index (χ4n) is 3.71. The topological polar surface area (TPSA) is 129 Å². The predicted molar refractivity (Wildman–Crippen MR) is 154 cm³/mol. The first-order valence-corrected chi connectivity index (χ1v) is 13.4. The summed E-state index contributed by atoms with van der Waals surface area (Å²) < 4.78 is 12.3. The summed E-state index contributed by atoms with van der Waals surface area (Å²) in [4.78, 5) is 39.0. The van der Waals surface area contributed by atoms with E-state index in [1.165, 1.54) is 34.0 Å². The number of ether oxygens (including phenoxy) is 2. The van der Waals surface area contributed by atoms with E-state index in [-0.39, 0.29) is 11.0 Å². The molecule has 210 valence electrons. The molecule has 0 saturated heterocycles. The van der Waals surface area contributed by atoms with Crippen molar-refractivity contribution < 1.29 is 23.9 Å². The molecule has 1 N–H and O–H groups in total. The molecule has 0 bridgehead atoms. The Morgan fingerprint density at radius 1 is 0.950 bits per heavy atom. The number of anilines is 3. The van der Waals surface area contributed by atoms with Crippen LogP contribution < -0.4 is 10.2 Å². The van der Waals surface area contributed by atoms with Crippen molar-refractivity contribution in [3.8, 4) is 10.6 Å². The van der Waals surface area contributed by atoms with E-state index in [0.717, 1.165) is 11.1 Å². The SMILES string of the molecule is CC(=O)Nc1cc(-c2nnc(N(C(=O)OC(C)(C)C)c3ccc4c(cnn4C(=O)OC(C)(C)C)c3)s2)ccc1C. The molecule has 11 nitrogen and oxygen atoms in total. The summed E-state index contributed by atoms with van der Waals surface area (Å²) in [5.41, 5.74) is 1.83. The number of hydrogen-bond donors (Lipinski definition) is 1. The minimum absolute atomic E-state index is 0.181. The second-order valence-electron chi connectivity index (χ2n) is 11.2. The maximum Gasteiger partial charge on any atom is 0.435 e. The van der Waals surface area contributed by atoms with E-state index in [1.807, 2.05) is 25.1 Å². The van der Waals surface area contributed by atoms with Crippen molar-refractivity contribution in [2.24, 2.45) is 0 Å². The zero-order valence-corrected chi connectivity index (χ0v) is 24.5. The number of benzene rings is 2. The lowest BCUT2D eigenvalue weighted by Crippen LogP contribution is -2.33. The number of fused-ring (bicyclic) bond motifs is 1. The summed E-state index contributed by atoms with van der Waals surface area (Å²) in [7, 11) is 0. The van der Waals surface area contributed by atoms with E-state index in [0.29, 0.717) is 27.3 Å². The summed E-state index contributed by atoms with van der Waals surface area (Å²) in [5, 5.41) is 17.1. The van der Waals surface area contributed by atoms with Crippen LogP contribution in [0.5, 0.6) is 0 Å². The molecule has 2 heterocycles. The third kappa shape index (κ3) is 6.63. The van der Waals surface area contributed by atoms with Crippen LogP contribution in [0.2, 0.25) is 0 Å². The van der Waals surface area contributed by atoms with Crippen LogP contribution in [0, 0.1) is 6.92 Å². The Morgan fingerprint density at radius 3 is 2.30 bits per heavy atom. The van der Waals surface area contributed by atoms with Gasteiger partial charge in [0, 0.05) is 23.6 Å². The molecule has 2 aromatic carbocycles. The molecule has 40 heavy (non-hydrogen) atoms. The van der Waals surface area contributed by atoms with Crippen LogP contribution in [0.4, 0.5) is 26.1 Å². The van der Waals surface area contributed by atoms with Crippen LogP contribution in [0.15, 0.2) is 42.6 Å². The molecule has 0 radical (unpaired) electrons. The number of carbonyl (C=O) groups is 3. The van der Waals surface area contributed by atoms with Gasteiger partial charge in [-0.25, -0.2) is 14.5 Å². The largest absolute Gasteiger partial charge is 0.443 e. The van der Waals surface area contributed by atoms with Crippen molar-refractivity contribution in [2.75, 3.05) is 10.2 Å². The zero-order valence-electron chi connectivity index (χ0n) is 23.7. The lowest BCUT2D eigenvalue weighted by molar-refractivity contribution is -0.114. The Morgan fingerprint density at radius 2 is 1.65 bits per heavy atom. The highest BCUT2D eigenvalue weighted by molar-refractivity contribution is 7.18. The monoisotopic (exact) mass is 564 g/mol. The normalized spacial score (nSPS) is 11.8. The van der Waals surface area contributed by atoms with Gasteiger partial charge in [-0.3, -0.25) is 4.79 Å². The van der Waals surface area contributed by atoms with Gasteiger partial charge < -0.3 is 14.8 Å². The quantitative estimate of drug-likeness (QED) is 0.291. The molecule has 0 fully saturated rings. The molecule has 0 aliphatic carbocycles. The van der Waals surface area contributed by atoms with Gasteiger partial charge in [0.1, 0.15) is 16.2 Å². The van der Waals surface area contributed by atoms with Crippen LogP contribution in [-0.2, 0) is 14.3 Å². The van der Waals surface area contributed by atoms with Crippen LogP contribution in [0.25, 0.3) is 21.5 Å². The maximum absolute atomic E-state index is 13.4. The Hall–Kier alpha value is -4.32. The van der Waals surface area contributed by atoms with E-state index in [2.05, 4.69) is 20.6 Å². The summed E-state index contributed by atoms with van der Waals surface area (Å²) >= 11 is 1.19. The lowest BCUT2D eigenvalue weighted by atomic mass is 10.1. The molecule has 0 unspecified atom stereocenters. The average Bonchev–Trinajstić information content (AvgIpc) is 3.45. The molecule has 2 aromatic heterocycles.